The Labute approximate surface area is 120 Å². The Hall–Kier alpha value is -2.97. The van der Waals surface area contributed by atoms with Crippen LogP contribution >= 0.6 is 0 Å². The van der Waals surface area contributed by atoms with Gasteiger partial charge in [-0.25, -0.2) is 4.98 Å². The van der Waals surface area contributed by atoms with Crippen LogP contribution in [-0.2, 0) is 7.05 Å². The standard InChI is InChI=1S/C12H14N6O3/c1-3-13-11-9(6-8(7-14-11)18(20)21)12(19)15-10-4-5-17(2)16-10/h4-7H,3H2,1-2H3,(H,13,14)(H,15,16,19). The molecule has 2 aromatic heterocycles. The van der Waals surface area contributed by atoms with Crippen LogP contribution in [0.15, 0.2) is 24.5 Å². The van der Waals surface area contributed by atoms with Gasteiger partial charge in [-0.3, -0.25) is 19.6 Å². The molecule has 2 N–H and O–H groups in total. The van der Waals surface area contributed by atoms with E-state index in [1.807, 2.05) is 6.92 Å². The van der Waals surface area contributed by atoms with E-state index in [1.165, 1.54) is 10.7 Å². The summed E-state index contributed by atoms with van der Waals surface area (Å²) in [4.78, 5) is 26.4. The van der Waals surface area contributed by atoms with Gasteiger partial charge in [-0.1, -0.05) is 0 Å². The van der Waals surface area contributed by atoms with Crippen LogP contribution in [0.25, 0.3) is 0 Å². The number of aromatic nitrogens is 3. The van der Waals surface area contributed by atoms with Crippen LogP contribution in [0.4, 0.5) is 17.3 Å². The lowest BCUT2D eigenvalue weighted by molar-refractivity contribution is -0.385. The zero-order valence-electron chi connectivity index (χ0n) is 11.5. The Kier molecular flexibility index (Phi) is 4.12. The number of amides is 1. The van der Waals surface area contributed by atoms with Crippen LogP contribution < -0.4 is 10.6 Å². The second-order valence-electron chi connectivity index (χ2n) is 4.21. The average molecular weight is 290 g/mol. The molecule has 0 radical (unpaired) electrons. The molecule has 0 unspecified atom stereocenters. The molecule has 0 spiro atoms. The minimum Gasteiger partial charge on any atom is -0.370 e. The van der Waals surface area contributed by atoms with Crippen LogP contribution in [-0.4, -0.2) is 32.1 Å². The molecule has 0 aliphatic carbocycles. The summed E-state index contributed by atoms with van der Waals surface area (Å²) in [6.07, 6.45) is 2.78. The molecule has 2 heterocycles. The van der Waals surface area contributed by atoms with E-state index >= 15 is 0 Å². The molecule has 0 fully saturated rings. The van der Waals surface area contributed by atoms with Crippen molar-refractivity contribution in [2.45, 2.75) is 6.92 Å². The van der Waals surface area contributed by atoms with Gasteiger partial charge in [0, 0.05) is 31.9 Å². The number of pyridine rings is 1. The Morgan fingerprint density at radius 3 is 2.86 bits per heavy atom. The third-order valence-corrected chi connectivity index (χ3v) is 2.63. The van der Waals surface area contributed by atoms with E-state index in [9.17, 15) is 14.9 Å². The Morgan fingerprint density at radius 1 is 1.52 bits per heavy atom. The van der Waals surface area contributed by atoms with Crippen LogP contribution in [0, 0.1) is 10.1 Å². The number of hydrogen-bond donors (Lipinski definition) is 2. The van der Waals surface area contributed by atoms with Crippen molar-refractivity contribution in [1.82, 2.24) is 14.8 Å². The van der Waals surface area contributed by atoms with Crippen molar-refractivity contribution in [1.29, 1.82) is 0 Å². The van der Waals surface area contributed by atoms with Gasteiger partial charge < -0.3 is 10.6 Å². The van der Waals surface area contributed by atoms with Crippen molar-refractivity contribution in [2.75, 3.05) is 17.2 Å². The smallest absolute Gasteiger partial charge is 0.288 e. The molecule has 9 heteroatoms. The van der Waals surface area contributed by atoms with Gasteiger partial charge in [0.2, 0.25) is 0 Å². The van der Waals surface area contributed by atoms with Gasteiger partial charge in [0.25, 0.3) is 11.6 Å². The quantitative estimate of drug-likeness (QED) is 0.635. The highest BCUT2D eigenvalue weighted by Gasteiger charge is 2.18. The maximum absolute atomic E-state index is 12.2. The van der Waals surface area contributed by atoms with Crippen LogP contribution in [0.2, 0.25) is 0 Å². The third kappa shape index (κ3) is 3.32. The number of carbonyl (C=O) groups is 1. The topological polar surface area (TPSA) is 115 Å². The van der Waals surface area contributed by atoms with E-state index in [4.69, 9.17) is 0 Å². The van der Waals surface area contributed by atoms with Crippen LogP contribution in [0.3, 0.4) is 0 Å². The normalized spacial score (nSPS) is 10.2. The number of nitrogens with one attached hydrogen (secondary N) is 2. The second kappa shape index (κ2) is 5.99. The second-order valence-corrected chi connectivity index (χ2v) is 4.21. The molecule has 2 rings (SSSR count). The zero-order chi connectivity index (χ0) is 15.4. The fourth-order valence-corrected chi connectivity index (χ4v) is 1.70. The van der Waals surface area contributed by atoms with Crippen molar-refractivity contribution >= 4 is 23.2 Å². The summed E-state index contributed by atoms with van der Waals surface area (Å²) in [6, 6.07) is 2.80. The van der Waals surface area contributed by atoms with Gasteiger partial charge >= 0.3 is 0 Å². The van der Waals surface area contributed by atoms with Crippen LogP contribution in [0.1, 0.15) is 17.3 Å². The molecular weight excluding hydrogens is 276 g/mol. The maximum atomic E-state index is 12.2. The Balaban J connectivity index is 2.32. The van der Waals surface area contributed by atoms with Gasteiger partial charge in [-0.15, -0.1) is 0 Å². The molecule has 1 amide bonds. The molecule has 110 valence electrons. The summed E-state index contributed by atoms with van der Waals surface area (Å²) in [5.41, 5.74) is -0.153. The number of anilines is 2. The average Bonchev–Trinajstić information content (AvgIpc) is 2.84. The number of carbonyl (C=O) groups excluding carboxylic acids is 1. The highest BCUT2D eigenvalue weighted by Crippen LogP contribution is 2.20. The minimum absolute atomic E-state index is 0.0942. The largest absolute Gasteiger partial charge is 0.370 e. The molecular formula is C12H14N6O3. The van der Waals surface area contributed by atoms with Gasteiger partial charge in [0.1, 0.15) is 12.0 Å². The van der Waals surface area contributed by atoms with E-state index in [1.54, 1.807) is 19.3 Å². The van der Waals surface area contributed by atoms with E-state index < -0.39 is 10.8 Å². The van der Waals surface area contributed by atoms with Crippen molar-refractivity contribution < 1.29 is 9.72 Å². The Bertz CT molecular complexity index is 681. The fraction of sp³-hybridized carbons (Fsp3) is 0.250. The molecule has 9 nitrogen and oxygen atoms in total. The summed E-state index contributed by atoms with van der Waals surface area (Å²) in [6.45, 7) is 2.37. The monoisotopic (exact) mass is 290 g/mol. The maximum Gasteiger partial charge on any atom is 0.288 e. The predicted octanol–water partition coefficient (Wildman–Crippen LogP) is 1.41. The van der Waals surface area contributed by atoms with E-state index in [0.717, 1.165) is 6.20 Å². The summed E-state index contributed by atoms with van der Waals surface area (Å²) in [5.74, 6) is 0.133. The molecule has 0 bridgehead atoms. The molecule has 0 aliphatic heterocycles. The molecule has 0 saturated carbocycles. The lowest BCUT2D eigenvalue weighted by atomic mass is 10.2. The highest BCUT2D eigenvalue weighted by molar-refractivity contribution is 6.07. The van der Waals surface area contributed by atoms with Gasteiger partial charge in [0.05, 0.1) is 10.5 Å². The number of hydrogen-bond acceptors (Lipinski definition) is 6. The first-order valence-electron chi connectivity index (χ1n) is 6.20. The van der Waals surface area contributed by atoms with Gasteiger partial charge in [0.15, 0.2) is 5.82 Å². The first-order valence-corrected chi connectivity index (χ1v) is 6.20. The number of aryl methyl sites for hydroxylation is 1. The van der Waals surface area contributed by atoms with Crippen molar-refractivity contribution in [2.24, 2.45) is 7.05 Å². The van der Waals surface area contributed by atoms with Gasteiger partial charge in [-0.05, 0) is 6.92 Å². The van der Waals surface area contributed by atoms with Crippen molar-refractivity contribution in [3.63, 3.8) is 0 Å². The van der Waals surface area contributed by atoms with Crippen LogP contribution in [0.5, 0.6) is 0 Å². The van der Waals surface area contributed by atoms with Crippen molar-refractivity contribution in [3.8, 4) is 0 Å². The van der Waals surface area contributed by atoms with E-state index in [-0.39, 0.29) is 17.1 Å². The summed E-state index contributed by atoms with van der Waals surface area (Å²) in [7, 11) is 1.72. The first kappa shape index (κ1) is 14.4. The summed E-state index contributed by atoms with van der Waals surface area (Å²) < 4.78 is 1.53. The van der Waals surface area contributed by atoms with Gasteiger partial charge in [-0.2, -0.15) is 5.10 Å². The number of rotatable bonds is 5. The third-order valence-electron chi connectivity index (χ3n) is 2.63. The summed E-state index contributed by atoms with van der Waals surface area (Å²) >= 11 is 0. The van der Waals surface area contributed by atoms with Crippen molar-refractivity contribution in [3.05, 3.63) is 40.2 Å². The lowest BCUT2D eigenvalue weighted by Gasteiger charge is -2.08. The molecule has 21 heavy (non-hydrogen) atoms. The Morgan fingerprint density at radius 2 is 2.29 bits per heavy atom. The highest BCUT2D eigenvalue weighted by atomic mass is 16.6. The lowest BCUT2D eigenvalue weighted by Crippen LogP contribution is -2.16. The van der Waals surface area contributed by atoms with E-state index in [2.05, 4.69) is 20.7 Å². The minimum atomic E-state index is -0.597. The SMILES string of the molecule is CCNc1ncc([N+](=O)[O-])cc1C(=O)Nc1ccn(C)n1. The fourth-order valence-electron chi connectivity index (χ4n) is 1.70. The molecule has 2 aromatic rings. The summed E-state index contributed by atoms with van der Waals surface area (Å²) in [5, 5.41) is 20.3. The molecule has 0 saturated heterocycles. The molecule has 0 aliphatic rings. The number of nitrogens with zero attached hydrogens (tertiary/aromatic N) is 4. The molecule has 0 atom stereocenters. The van der Waals surface area contributed by atoms with E-state index in [0.29, 0.717) is 12.4 Å². The number of nitro groups is 1. The molecule has 0 aromatic carbocycles. The zero-order valence-corrected chi connectivity index (χ0v) is 11.5. The predicted molar refractivity (Wildman–Crippen MR) is 76.2 cm³/mol. The first-order chi connectivity index (χ1) is 10.0.